The van der Waals surface area contributed by atoms with Crippen molar-refractivity contribution in [3.05, 3.63) is 12.2 Å². The summed E-state index contributed by atoms with van der Waals surface area (Å²) in [5.74, 6) is 0.103. The molecule has 0 radical (unpaired) electrons. The van der Waals surface area contributed by atoms with E-state index in [1.165, 1.54) is 0 Å². The van der Waals surface area contributed by atoms with Crippen molar-refractivity contribution in [3.8, 4) is 0 Å². The summed E-state index contributed by atoms with van der Waals surface area (Å²) in [5, 5.41) is 0. The van der Waals surface area contributed by atoms with Gasteiger partial charge in [-0.3, -0.25) is 9.59 Å². The van der Waals surface area contributed by atoms with E-state index in [0.717, 1.165) is 24.2 Å². The number of ether oxygens (including phenoxy) is 1. The van der Waals surface area contributed by atoms with Gasteiger partial charge in [0.2, 0.25) is 0 Å². The zero-order chi connectivity index (χ0) is 12.8. The fourth-order valence-electron chi connectivity index (χ4n) is 2.27. The van der Waals surface area contributed by atoms with Gasteiger partial charge < -0.3 is 4.74 Å². The molecule has 0 amide bonds. The Morgan fingerprint density at radius 2 is 2.29 bits per heavy atom. The Morgan fingerprint density at radius 1 is 1.59 bits per heavy atom. The molecule has 1 fully saturated rings. The van der Waals surface area contributed by atoms with Crippen molar-refractivity contribution in [2.24, 2.45) is 11.8 Å². The van der Waals surface area contributed by atoms with E-state index < -0.39 is 5.92 Å². The maximum absolute atomic E-state index is 11.9. The lowest BCUT2D eigenvalue weighted by Gasteiger charge is -2.29. The van der Waals surface area contributed by atoms with Crippen molar-refractivity contribution < 1.29 is 14.3 Å². The smallest absolute Gasteiger partial charge is 0.316 e. The molecule has 2 unspecified atom stereocenters. The molecule has 96 valence electrons. The largest absolute Gasteiger partial charge is 0.465 e. The second kappa shape index (κ2) is 6.84. The average molecular weight is 256 g/mol. The van der Waals surface area contributed by atoms with Crippen LogP contribution in [0.4, 0.5) is 0 Å². The van der Waals surface area contributed by atoms with E-state index in [9.17, 15) is 9.59 Å². The quantitative estimate of drug-likeness (QED) is 0.430. The van der Waals surface area contributed by atoms with Crippen LogP contribution >= 0.6 is 11.8 Å². The van der Waals surface area contributed by atoms with Crippen molar-refractivity contribution in [1.29, 1.82) is 0 Å². The highest BCUT2D eigenvalue weighted by atomic mass is 32.2. The first-order chi connectivity index (χ1) is 8.10. The number of rotatable bonds is 5. The summed E-state index contributed by atoms with van der Waals surface area (Å²) in [4.78, 5) is 23.7. The normalized spacial score (nSPS) is 24.8. The van der Waals surface area contributed by atoms with Gasteiger partial charge in [-0.1, -0.05) is 12.2 Å². The van der Waals surface area contributed by atoms with Crippen LogP contribution in [0.15, 0.2) is 12.2 Å². The van der Waals surface area contributed by atoms with E-state index in [0.29, 0.717) is 13.0 Å². The SMILES string of the molecule is C=C1CC(=O)C(C(=O)OCC)C(CCSC)C1. The summed E-state index contributed by atoms with van der Waals surface area (Å²) in [6, 6.07) is 0. The lowest BCUT2D eigenvalue weighted by Crippen LogP contribution is -2.37. The Kier molecular flexibility index (Phi) is 5.75. The number of carbonyl (C=O) groups excluding carboxylic acids is 2. The van der Waals surface area contributed by atoms with Gasteiger partial charge in [-0.15, -0.1) is 0 Å². The molecule has 2 atom stereocenters. The number of esters is 1. The molecule has 17 heavy (non-hydrogen) atoms. The third kappa shape index (κ3) is 3.87. The van der Waals surface area contributed by atoms with Gasteiger partial charge >= 0.3 is 5.97 Å². The monoisotopic (exact) mass is 256 g/mol. The number of ketones is 1. The Morgan fingerprint density at radius 3 is 2.88 bits per heavy atom. The highest BCUT2D eigenvalue weighted by Crippen LogP contribution is 2.34. The zero-order valence-electron chi connectivity index (χ0n) is 10.5. The maximum Gasteiger partial charge on any atom is 0.316 e. The van der Waals surface area contributed by atoms with Gasteiger partial charge in [0.15, 0.2) is 5.78 Å². The minimum atomic E-state index is -0.562. The van der Waals surface area contributed by atoms with Crippen LogP contribution < -0.4 is 0 Å². The van der Waals surface area contributed by atoms with Crippen molar-refractivity contribution in [1.82, 2.24) is 0 Å². The van der Waals surface area contributed by atoms with Gasteiger partial charge in [0.25, 0.3) is 0 Å². The molecular weight excluding hydrogens is 236 g/mol. The number of Topliss-reactive ketones (excluding diaryl/α,β-unsaturated/α-hetero) is 1. The molecule has 0 aliphatic heterocycles. The number of hydrogen-bond acceptors (Lipinski definition) is 4. The molecule has 1 saturated carbocycles. The van der Waals surface area contributed by atoms with E-state index in [1.54, 1.807) is 18.7 Å². The standard InChI is InChI=1S/C13H20O3S/c1-4-16-13(15)12-10(5-6-17-3)7-9(2)8-11(12)14/h10,12H,2,4-8H2,1,3H3. The topological polar surface area (TPSA) is 43.4 Å². The van der Waals surface area contributed by atoms with Gasteiger partial charge in [0.1, 0.15) is 5.92 Å². The van der Waals surface area contributed by atoms with Crippen molar-refractivity contribution in [2.45, 2.75) is 26.2 Å². The second-order valence-corrected chi connectivity index (χ2v) is 5.35. The molecule has 4 heteroatoms. The van der Waals surface area contributed by atoms with Crippen LogP contribution in [0.5, 0.6) is 0 Å². The summed E-state index contributed by atoms with van der Waals surface area (Å²) < 4.78 is 5.00. The first kappa shape index (κ1) is 14.3. The Bertz CT molecular complexity index is 312. The number of thioether (sulfide) groups is 1. The van der Waals surface area contributed by atoms with Crippen molar-refractivity contribution in [2.75, 3.05) is 18.6 Å². The van der Waals surface area contributed by atoms with Crippen LogP contribution in [0, 0.1) is 11.8 Å². The molecule has 1 rings (SSSR count). The first-order valence-electron chi connectivity index (χ1n) is 5.95. The fourth-order valence-corrected chi connectivity index (χ4v) is 2.81. The van der Waals surface area contributed by atoms with E-state index in [2.05, 4.69) is 6.58 Å². The fraction of sp³-hybridized carbons (Fsp3) is 0.692. The van der Waals surface area contributed by atoms with Gasteiger partial charge in [-0.2, -0.15) is 11.8 Å². The minimum absolute atomic E-state index is 0.0224. The Hall–Kier alpha value is -0.770. The van der Waals surface area contributed by atoms with Crippen LogP contribution in [0.1, 0.15) is 26.2 Å². The summed E-state index contributed by atoms with van der Waals surface area (Å²) in [6.45, 7) is 5.98. The molecule has 0 spiro atoms. The van der Waals surface area contributed by atoms with Crippen LogP contribution in [0.3, 0.4) is 0 Å². The van der Waals surface area contributed by atoms with Crippen molar-refractivity contribution in [3.63, 3.8) is 0 Å². The Balaban J connectivity index is 2.74. The summed E-state index contributed by atoms with van der Waals surface area (Å²) in [6.07, 6.45) is 4.00. The van der Waals surface area contributed by atoms with Gasteiger partial charge in [-0.05, 0) is 37.7 Å². The van der Waals surface area contributed by atoms with Gasteiger partial charge in [0, 0.05) is 6.42 Å². The third-order valence-electron chi connectivity index (χ3n) is 3.03. The minimum Gasteiger partial charge on any atom is -0.465 e. The second-order valence-electron chi connectivity index (χ2n) is 4.37. The lowest BCUT2D eigenvalue weighted by molar-refractivity contribution is -0.154. The van der Waals surface area contributed by atoms with E-state index in [4.69, 9.17) is 4.74 Å². The summed E-state index contributed by atoms with van der Waals surface area (Å²) in [7, 11) is 0. The van der Waals surface area contributed by atoms with E-state index in [-0.39, 0.29) is 17.7 Å². The summed E-state index contributed by atoms with van der Waals surface area (Å²) in [5.41, 5.74) is 0.946. The maximum atomic E-state index is 11.9. The molecule has 0 bridgehead atoms. The number of hydrogen-bond donors (Lipinski definition) is 0. The molecule has 3 nitrogen and oxygen atoms in total. The number of allylic oxidation sites excluding steroid dienone is 1. The summed E-state index contributed by atoms with van der Waals surface area (Å²) >= 11 is 1.73. The zero-order valence-corrected chi connectivity index (χ0v) is 11.3. The highest BCUT2D eigenvalue weighted by molar-refractivity contribution is 7.98. The molecule has 0 aromatic carbocycles. The molecule has 0 aromatic rings. The number of carbonyl (C=O) groups is 2. The molecule has 0 aromatic heterocycles. The lowest BCUT2D eigenvalue weighted by atomic mass is 9.75. The molecule has 0 saturated heterocycles. The molecule has 0 N–H and O–H groups in total. The predicted molar refractivity (Wildman–Crippen MR) is 70.0 cm³/mol. The van der Waals surface area contributed by atoms with Gasteiger partial charge in [-0.25, -0.2) is 0 Å². The first-order valence-corrected chi connectivity index (χ1v) is 7.34. The van der Waals surface area contributed by atoms with Crippen LogP contribution in [-0.4, -0.2) is 30.4 Å². The highest BCUT2D eigenvalue weighted by Gasteiger charge is 2.39. The molecular formula is C13H20O3S. The molecule has 1 aliphatic rings. The molecule has 0 heterocycles. The van der Waals surface area contributed by atoms with E-state index >= 15 is 0 Å². The Labute approximate surface area is 107 Å². The molecule has 1 aliphatic carbocycles. The van der Waals surface area contributed by atoms with Crippen molar-refractivity contribution >= 4 is 23.5 Å². The van der Waals surface area contributed by atoms with E-state index in [1.807, 2.05) is 6.26 Å². The average Bonchev–Trinajstić information content (AvgIpc) is 2.25. The van der Waals surface area contributed by atoms with Crippen LogP contribution in [-0.2, 0) is 14.3 Å². The third-order valence-corrected chi connectivity index (χ3v) is 3.67. The predicted octanol–water partition coefficient (Wildman–Crippen LogP) is 2.45. The van der Waals surface area contributed by atoms with Crippen LogP contribution in [0.25, 0.3) is 0 Å². The van der Waals surface area contributed by atoms with Crippen LogP contribution in [0.2, 0.25) is 0 Å². The van der Waals surface area contributed by atoms with Gasteiger partial charge in [0.05, 0.1) is 6.61 Å².